The molecule has 2 fully saturated rings. The van der Waals surface area contributed by atoms with Gasteiger partial charge < -0.3 is 9.32 Å². The number of halogens is 1. The van der Waals surface area contributed by atoms with Crippen molar-refractivity contribution in [1.82, 2.24) is 19.7 Å². The molecule has 8 heteroatoms. The van der Waals surface area contributed by atoms with Gasteiger partial charge in [0.1, 0.15) is 11.4 Å². The number of nitrogens with one attached hydrogen (secondary N) is 1. The number of benzene rings is 2. The molecule has 6 rings (SSSR count). The van der Waals surface area contributed by atoms with Gasteiger partial charge >= 0.3 is 5.69 Å². The lowest BCUT2D eigenvalue weighted by molar-refractivity contribution is -0.131. The molecule has 2 aromatic carbocycles. The van der Waals surface area contributed by atoms with E-state index in [-0.39, 0.29) is 23.4 Å². The Labute approximate surface area is 195 Å². The molecule has 4 aromatic rings. The molecule has 0 unspecified atom stereocenters. The molecule has 1 saturated carbocycles. The van der Waals surface area contributed by atoms with Crippen molar-refractivity contribution in [3.05, 3.63) is 70.1 Å². The van der Waals surface area contributed by atoms with E-state index in [2.05, 4.69) is 10.2 Å². The summed E-state index contributed by atoms with van der Waals surface area (Å²) in [6, 6.07) is 13.6. The second-order valence-electron chi connectivity index (χ2n) is 9.04. The van der Waals surface area contributed by atoms with E-state index in [4.69, 9.17) is 16.0 Å². The Balaban J connectivity index is 1.26. The number of carbonyl (C=O) groups excluding carboxylic acids is 1. The number of aromatic nitrogens is 3. The molecule has 7 nitrogen and oxygen atoms in total. The number of carbonyl (C=O) groups is 1. The fraction of sp³-hybridized carbons (Fsp3) is 0.320. The van der Waals surface area contributed by atoms with Gasteiger partial charge in [-0.3, -0.25) is 4.79 Å². The first-order valence-electron chi connectivity index (χ1n) is 11.3. The normalized spacial score (nSPS) is 18.3. The first kappa shape index (κ1) is 20.3. The topological polar surface area (TPSA) is 84.1 Å². The molecule has 168 valence electrons. The summed E-state index contributed by atoms with van der Waals surface area (Å²) in [7, 11) is 0. The van der Waals surface area contributed by atoms with Gasteiger partial charge in [-0.15, -0.1) is 0 Å². The van der Waals surface area contributed by atoms with Gasteiger partial charge in [-0.1, -0.05) is 23.7 Å². The summed E-state index contributed by atoms with van der Waals surface area (Å²) in [6.07, 6.45) is 5.24. The minimum atomic E-state index is -0.316. The maximum Gasteiger partial charge on any atom is 0.347 e. The van der Waals surface area contributed by atoms with Crippen LogP contribution in [0.1, 0.15) is 25.1 Å². The van der Waals surface area contributed by atoms with Gasteiger partial charge in [0.05, 0.1) is 17.0 Å². The zero-order valence-electron chi connectivity index (χ0n) is 18.0. The van der Waals surface area contributed by atoms with Gasteiger partial charge in [-0.2, -0.15) is 5.10 Å². The molecule has 2 aromatic heterocycles. The van der Waals surface area contributed by atoms with Gasteiger partial charge in [0.25, 0.3) is 0 Å². The van der Waals surface area contributed by atoms with E-state index in [0.29, 0.717) is 23.0 Å². The van der Waals surface area contributed by atoms with Crippen molar-refractivity contribution in [3.63, 3.8) is 0 Å². The highest BCUT2D eigenvalue weighted by Crippen LogP contribution is 2.34. The standard InChI is InChI=1S/C25H23ClN4O3/c26-20-13-18(17-4-6-22-19(12-17)8-10-33-22)3-5-21(20)30-23(27-28-25(30)32)11-15-7-9-29(14-15)24(31)16-1-2-16/h3-6,8,10,12-13,15-16H,1-2,7,9,11,14H2,(H,28,32)/t15-/m0/s1. The Kier molecular flexibility index (Phi) is 4.87. The minimum absolute atomic E-state index is 0.235. The molecule has 2 aliphatic rings. The molecule has 1 aliphatic heterocycles. The molecule has 1 aliphatic carbocycles. The van der Waals surface area contributed by atoms with Crippen molar-refractivity contribution >= 4 is 28.5 Å². The van der Waals surface area contributed by atoms with Crippen LogP contribution in [0, 0.1) is 11.8 Å². The van der Waals surface area contributed by atoms with E-state index in [1.54, 1.807) is 10.8 Å². The fourth-order valence-corrected chi connectivity index (χ4v) is 5.04. The zero-order chi connectivity index (χ0) is 22.5. The Morgan fingerprint density at radius 1 is 1.12 bits per heavy atom. The Hall–Kier alpha value is -3.32. The fourth-order valence-electron chi connectivity index (χ4n) is 4.78. The second-order valence-corrected chi connectivity index (χ2v) is 9.44. The van der Waals surface area contributed by atoms with E-state index in [1.165, 1.54) is 0 Å². The maximum atomic E-state index is 12.6. The number of hydrogen-bond donors (Lipinski definition) is 1. The largest absolute Gasteiger partial charge is 0.464 e. The maximum absolute atomic E-state index is 12.6. The average molecular weight is 463 g/mol. The molecule has 3 heterocycles. The molecule has 0 radical (unpaired) electrons. The third-order valence-corrected chi connectivity index (χ3v) is 7.01. The number of rotatable bonds is 5. The van der Waals surface area contributed by atoms with Crippen LogP contribution in [-0.4, -0.2) is 38.7 Å². The van der Waals surface area contributed by atoms with E-state index in [9.17, 15) is 9.59 Å². The first-order valence-corrected chi connectivity index (χ1v) is 11.7. The number of furan rings is 1. The first-order chi connectivity index (χ1) is 16.1. The highest BCUT2D eigenvalue weighted by molar-refractivity contribution is 6.32. The zero-order valence-corrected chi connectivity index (χ0v) is 18.7. The number of likely N-dealkylation sites (tertiary alicyclic amines) is 1. The number of H-pyrrole nitrogens is 1. The molecule has 0 spiro atoms. The van der Waals surface area contributed by atoms with E-state index >= 15 is 0 Å². The smallest absolute Gasteiger partial charge is 0.347 e. The quantitative estimate of drug-likeness (QED) is 0.475. The van der Waals surface area contributed by atoms with Gasteiger partial charge in [-0.05, 0) is 66.6 Å². The van der Waals surface area contributed by atoms with Crippen LogP contribution >= 0.6 is 11.6 Å². The van der Waals surface area contributed by atoms with Gasteiger partial charge in [0.15, 0.2) is 0 Å². The van der Waals surface area contributed by atoms with Gasteiger partial charge in [-0.25, -0.2) is 14.5 Å². The predicted octanol–water partition coefficient (Wildman–Crippen LogP) is 4.43. The molecule has 0 bridgehead atoms. The summed E-state index contributed by atoms with van der Waals surface area (Å²) in [5.74, 6) is 1.43. The molecular formula is C25H23ClN4O3. The van der Waals surface area contributed by atoms with Crippen LogP contribution in [-0.2, 0) is 11.2 Å². The number of amides is 1. The summed E-state index contributed by atoms with van der Waals surface area (Å²) in [5, 5.41) is 8.34. The van der Waals surface area contributed by atoms with E-state index < -0.39 is 0 Å². The summed E-state index contributed by atoms with van der Waals surface area (Å²) in [5.41, 5.74) is 3.09. The number of aromatic amines is 1. The summed E-state index contributed by atoms with van der Waals surface area (Å²) in [4.78, 5) is 27.0. The second kappa shape index (κ2) is 7.92. The third-order valence-electron chi connectivity index (χ3n) is 6.71. The van der Waals surface area contributed by atoms with E-state index in [1.807, 2.05) is 47.4 Å². The van der Waals surface area contributed by atoms with Crippen molar-refractivity contribution < 1.29 is 9.21 Å². The Morgan fingerprint density at radius 2 is 1.94 bits per heavy atom. The average Bonchev–Trinajstić information content (AvgIpc) is 3.21. The summed E-state index contributed by atoms with van der Waals surface area (Å²) in [6.45, 7) is 1.50. The Bertz CT molecular complexity index is 1410. The third kappa shape index (κ3) is 3.76. The summed E-state index contributed by atoms with van der Waals surface area (Å²) < 4.78 is 6.97. The lowest BCUT2D eigenvalue weighted by Crippen LogP contribution is -2.30. The van der Waals surface area contributed by atoms with Crippen molar-refractivity contribution in [3.8, 4) is 16.8 Å². The van der Waals surface area contributed by atoms with Gasteiger partial charge in [0.2, 0.25) is 5.91 Å². The highest BCUT2D eigenvalue weighted by atomic mass is 35.5. The van der Waals surface area contributed by atoms with Crippen LogP contribution in [0.4, 0.5) is 0 Å². The van der Waals surface area contributed by atoms with Crippen molar-refractivity contribution in [2.24, 2.45) is 11.8 Å². The number of nitrogens with zero attached hydrogens (tertiary/aromatic N) is 3. The van der Waals surface area contributed by atoms with Crippen LogP contribution in [0.5, 0.6) is 0 Å². The SMILES string of the molecule is O=C(C1CC1)N1CC[C@@H](Cc2n[nH]c(=O)n2-c2ccc(-c3ccc4occc4c3)cc2Cl)C1. The lowest BCUT2D eigenvalue weighted by Gasteiger charge is -2.16. The highest BCUT2D eigenvalue weighted by Gasteiger charge is 2.37. The van der Waals surface area contributed by atoms with Crippen LogP contribution < -0.4 is 5.69 Å². The molecule has 1 amide bonds. The molecule has 33 heavy (non-hydrogen) atoms. The van der Waals surface area contributed by atoms with Crippen molar-refractivity contribution in [1.29, 1.82) is 0 Å². The summed E-state index contributed by atoms with van der Waals surface area (Å²) >= 11 is 6.66. The predicted molar refractivity (Wildman–Crippen MR) is 126 cm³/mol. The van der Waals surface area contributed by atoms with Crippen LogP contribution in [0.2, 0.25) is 5.02 Å². The molecule has 1 N–H and O–H groups in total. The van der Waals surface area contributed by atoms with Crippen LogP contribution in [0.25, 0.3) is 27.8 Å². The van der Waals surface area contributed by atoms with Crippen LogP contribution in [0.3, 0.4) is 0 Å². The molecular weight excluding hydrogens is 440 g/mol. The van der Waals surface area contributed by atoms with E-state index in [0.717, 1.165) is 54.4 Å². The molecule has 1 atom stereocenters. The van der Waals surface area contributed by atoms with Gasteiger partial charge in [0, 0.05) is 30.8 Å². The van der Waals surface area contributed by atoms with Crippen molar-refractivity contribution in [2.45, 2.75) is 25.7 Å². The minimum Gasteiger partial charge on any atom is -0.464 e. The number of fused-ring (bicyclic) bond motifs is 1. The Morgan fingerprint density at radius 3 is 2.76 bits per heavy atom. The lowest BCUT2D eigenvalue weighted by atomic mass is 10.0. The van der Waals surface area contributed by atoms with Crippen molar-refractivity contribution in [2.75, 3.05) is 13.1 Å². The number of hydrogen-bond acceptors (Lipinski definition) is 4. The monoisotopic (exact) mass is 462 g/mol. The molecule has 1 saturated heterocycles. The van der Waals surface area contributed by atoms with Crippen LogP contribution in [0.15, 0.2) is 57.9 Å².